The van der Waals surface area contributed by atoms with E-state index in [1.807, 2.05) is 49.6 Å². The standard InChI is InChI=1S/C34H42N2O4S/c1-24-9-7-8-12-29(24)31-20-27(15-16-30(31)33(37)35-32(34(38)39)17-18-41-3)22-36-21-26(19-28(36)23-40-2)14-13-25-10-5-4-6-11-25/h4-12,15-16,20,26,28,32H,13-14,17-19,21-23H2,1-3H3,(H,35,37)(H,38,39)/t26-,28+,32-/m0/s1. The van der Waals surface area contributed by atoms with Crippen LogP contribution in [0.4, 0.5) is 0 Å². The van der Waals surface area contributed by atoms with Gasteiger partial charge in [0, 0.05) is 31.8 Å². The summed E-state index contributed by atoms with van der Waals surface area (Å²) in [6.45, 7) is 4.51. The van der Waals surface area contributed by atoms with Gasteiger partial charge in [0.1, 0.15) is 6.04 Å². The number of benzene rings is 3. The van der Waals surface area contributed by atoms with E-state index >= 15 is 0 Å². The van der Waals surface area contributed by atoms with Gasteiger partial charge in [-0.05, 0) is 90.5 Å². The highest BCUT2D eigenvalue weighted by atomic mass is 32.2. The number of aryl methyl sites for hydroxylation is 2. The minimum absolute atomic E-state index is 0.346. The molecule has 1 saturated heterocycles. The second-order valence-corrected chi connectivity index (χ2v) is 12.0. The summed E-state index contributed by atoms with van der Waals surface area (Å²) in [5.41, 5.74) is 5.87. The van der Waals surface area contributed by atoms with Gasteiger partial charge in [-0.3, -0.25) is 9.69 Å². The highest BCUT2D eigenvalue weighted by Crippen LogP contribution is 2.32. The molecular weight excluding hydrogens is 532 g/mol. The number of ether oxygens (including phenoxy) is 1. The number of methoxy groups -OCH3 is 1. The van der Waals surface area contributed by atoms with E-state index in [0.717, 1.165) is 54.6 Å². The number of rotatable bonds is 14. The van der Waals surface area contributed by atoms with Crippen molar-refractivity contribution >= 4 is 23.6 Å². The number of carbonyl (C=O) groups is 2. The number of likely N-dealkylation sites (tertiary alicyclic amines) is 1. The smallest absolute Gasteiger partial charge is 0.326 e. The second kappa shape index (κ2) is 15.2. The predicted octanol–water partition coefficient (Wildman–Crippen LogP) is 6.07. The van der Waals surface area contributed by atoms with Crippen LogP contribution in [0.1, 0.15) is 46.3 Å². The molecule has 1 fully saturated rings. The number of nitrogens with zero attached hydrogens (tertiary/aromatic N) is 1. The third-order valence-corrected chi connectivity index (χ3v) is 8.67. The Morgan fingerprint density at radius 2 is 1.80 bits per heavy atom. The lowest BCUT2D eigenvalue weighted by molar-refractivity contribution is -0.139. The molecule has 1 amide bonds. The monoisotopic (exact) mass is 574 g/mol. The Kier molecular flexibility index (Phi) is 11.4. The fourth-order valence-corrected chi connectivity index (χ4v) is 6.29. The summed E-state index contributed by atoms with van der Waals surface area (Å²) < 4.78 is 5.60. The van der Waals surface area contributed by atoms with E-state index in [2.05, 4.69) is 46.6 Å². The number of nitrogens with one attached hydrogen (secondary N) is 1. The molecule has 6 nitrogen and oxygen atoms in total. The van der Waals surface area contributed by atoms with Crippen molar-refractivity contribution in [3.05, 3.63) is 95.1 Å². The zero-order valence-electron chi connectivity index (χ0n) is 24.3. The molecule has 0 aromatic heterocycles. The Bertz CT molecular complexity index is 1300. The minimum Gasteiger partial charge on any atom is -0.480 e. The van der Waals surface area contributed by atoms with E-state index in [1.165, 1.54) is 5.56 Å². The topological polar surface area (TPSA) is 78.9 Å². The van der Waals surface area contributed by atoms with E-state index in [4.69, 9.17) is 4.74 Å². The second-order valence-electron chi connectivity index (χ2n) is 11.0. The molecular formula is C34H42N2O4S. The van der Waals surface area contributed by atoms with Crippen LogP contribution in [-0.4, -0.2) is 66.2 Å². The van der Waals surface area contributed by atoms with E-state index in [9.17, 15) is 14.7 Å². The Morgan fingerprint density at radius 1 is 1.05 bits per heavy atom. The van der Waals surface area contributed by atoms with Crippen LogP contribution >= 0.6 is 11.8 Å². The third-order valence-electron chi connectivity index (χ3n) is 8.02. The fourth-order valence-electron chi connectivity index (χ4n) is 5.82. The van der Waals surface area contributed by atoms with Gasteiger partial charge >= 0.3 is 5.97 Å². The molecule has 0 radical (unpaired) electrons. The quantitative estimate of drug-likeness (QED) is 0.243. The molecule has 1 aliphatic heterocycles. The maximum absolute atomic E-state index is 13.4. The van der Waals surface area contributed by atoms with Crippen molar-refractivity contribution in [3.8, 4) is 11.1 Å². The van der Waals surface area contributed by atoms with Gasteiger partial charge in [0.15, 0.2) is 0 Å². The lowest BCUT2D eigenvalue weighted by Crippen LogP contribution is -2.41. The van der Waals surface area contributed by atoms with Gasteiger partial charge in [0.25, 0.3) is 5.91 Å². The zero-order chi connectivity index (χ0) is 29.2. The third kappa shape index (κ3) is 8.44. The van der Waals surface area contributed by atoms with Crippen LogP contribution in [0.15, 0.2) is 72.8 Å². The predicted molar refractivity (Wildman–Crippen MR) is 167 cm³/mol. The van der Waals surface area contributed by atoms with Gasteiger partial charge in [0.2, 0.25) is 0 Å². The first-order valence-electron chi connectivity index (χ1n) is 14.4. The molecule has 0 bridgehead atoms. The molecule has 0 saturated carbocycles. The lowest BCUT2D eigenvalue weighted by Gasteiger charge is -2.24. The van der Waals surface area contributed by atoms with Crippen LogP contribution in [0.25, 0.3) is 11.1 Å². The van der Waals surface area contributed by atoms with Crippen molar-refractivity contribution in [3.63, 3.8) is 0 Å². The van der Waals surface area contributed by atoms with Crippen LogP contribution in [0.3, 0.4) is 0 Å². The van der Waals surface area contributed by atoms with Gasteiger partial charge in [-0.15, -0.1) is 0 Å². The van der Waals surface area contributed by atoms with Gasteiger partial charge < -0.3 is 15.2 Å². The van der Waals surface area contributed by atoms with Gasteiger partial charge in [0.05, 0.1) is 6.61 Å². The highest BCUT2D eigenvalue weighted by molar-refractivity contribution is 7.98. The van der Waals surface area contributed by atoms with Crippen LogP contribution in [-0.2, 0) is 22.5 Å². The van der Waals surface area contributed by atoms with E-state index in [1.54, 1.807) is 18.9 Å². The fraction of sp³-hybridized carbons (Fsp3) is 0.412. The highest BCUT2D eigenvalue weighted by Gasteiger charge is 2.32. The summed E-state index contributed by atoms with van der Waals surface area (Å²) in [6, 6.07) is 24.1. The van der Waals surface area contributed by atoms with Crippen LogP contribution in [0.2, 0.25) is 0 Å². The summed E-state index contributed by atoms with van der Waals surface area (Å²) in [6.07, 6.45) is 5.64. The number of thioether (sulfide) groups is 1. The summed E-state index contributed by atoms with van der Waals surface area (Å²) in [5, 5.41) is 12.5. The van der Waals surface area contributed by atoms with Crippen molar-refractivity contribution in [1.82, 2.24) is 10.2 Å². The number of amides is 1. The van der Waals surface area contributed by atoms with E-state index < -0.39 is 12.0 Å². The first-order valence-corrected chi connectivity index (χ1v) is 15.8. The molecule has 7 heteroatoms. The maximum atomic E-state index is 13.4. The first-order chi connectivity index (χ1) is 19.9. The molecule has 0 spiro atoms. The van der Waals surface area contributed by atoms with Crippen LogP contribution < -0.4 is 5.32 Å². The molecule has 3 atom stereocenters. The summed E-state index contributed by atoms with van der Waals surface area (Å²) in [7, 11) is 1.77. The van der Waals surface area contributed by atoms with Gasteiger partial charge in [-0.25, -0.2) is 4.79 Å². The number of carbonyl (C=O) groups excluding carboxylic acids is 1. The van der Waals surface area contributed by atoms with E-state index in [0.29, 0.717) is 36.3 Å². The summed E-state index contributed by atoms with van der Waals surface area (Å²) >= 11 is 1.57. The maximum Gasteiger partial charge on any atom is 0.326 e. The number of carboxylic acid groups (broad SMARTS) is 1. The normalized spacial score (nSPS) is 17.8. The number of hydrogen-bond donors (Lipinski definition) is 2. The Hall–Kier alpha value is -3.13. The average molecular weight is 575 g/mol. The Labute approximate surface area is 248 Å². The SMILES string of the molecule is COC[C@H]1C[C@H](CCc2ccccc2)CN1Cc1ccc(C(=O)N[C@@H](CCSC)C(=O)O)c(-c2ccccc2C)c1. The minimum atomic E-state index is -1.01. The summed E-state index contributed by atoms with van der Waals surface area (Å²) in [5.74, 6) is -0.110. The van der Waals surface area contributed by atoms with Gasteiger partial charge in [-0.1, -0.05) is 60.7 Å². The Balaban J connectivity index is 1.56. The Morgan fingerprint density at radius 3 is 2.51 bits per heavy atom. The molecule has 4 rings (SSSR count). The van der Waals surface area contributed by atoms with Crippen molar-refractivity contribution in [2.45, 2.75) is 51.2 Å². The number of aliphatic carboxylic acids is 1. The molecule has 2 N–H and O–H groups in total. The molecule has 218 valence electrons. The first kappa shape index (κ1) is 30.8. The van der Waals surface area contributed by atoms with Gasteiger partial charge in [-0.2, -0.15) is 11.8 Å². The molecule has 0 aliphatic carbocycles. The average Bonchev–Trinajstić information content (AvgIpc) is 3.35. The largest absolute Gasteiger partial charge is 0.480 e. The number of hydrogen-bond acceptors (Lipinski definition) is 5. The molecule has 41 heavy (non-hydrogen) atoms. The van der Waals surface area contributed by atoms with E-state index in [-0.39, 0.29) is 5.91 Å². The van der Waals surface area contributed by atoms with Crippen LogP contribution in [0, 0.1) is 12.8 Å². The van der Waals surface area contributed by atoms with Crippen molar-refractivity contribution in [2.75, 3.05) is 32.3 Å². The molecule has 0 unspecified atom stereocenters. The lowest BCUT2D eigenvalue weighted by atomic mass is 9.93. The zero-order valence-corrected chi connectivity index (χ0v) is 25.2. The molecule has 1 heterocycles. The molecule has 3 aromatic carbocycles. The van der Waals surface area contributed by atoms with Crippen molar-refractivity contribution in [1.29, 1.82) is 0 Å². The van der Waals surface area contributed by atoms with Crippen LogP contribution in [0.5, 0.6) is 0 Å². The molecule has 1 aliphatic rings. The van der Waals surface area contributed by atoms with Crippen molar-refractivity contribution in [2.24, 2.45) is 5.92 Å². The summed E-state index contributed by atoms with van der Waals surface area (Å²) in [4.78, 5) is 27.8. The number of carboxylic acids is 1. The molecule has 3 aromatic rings. The van der Waals surface area contributed by atoms with Crippen molar-refractivity contribution < 1.29 is 19.4 Å².